The largest absolute Gasteiger partial charge is 0.337 e. The third kappa shape index (κ3) is 4.50. The molecule has 3 rings (SSSR count). The van der Waals surface area contributed by atoms with Gasteiger partial charge >= 0.3 is 0 Å². The lowest BCUT2D eigenvalue weighted by atomic mass is 9.85. The molecule has 2 heterocycles. The second kappa shape index (κ2) is 8.80. The first kappa shape index (κ1) is 21.1. The monoisotopic (exact) mass is 406 g/mol. The second-order valence-corrected chi connectivity index (χ2v) is 8.56. The molecule has 0 aromatic heterocycles. The van der Waals surface area contributed by atoms with Crippen molar-refractivity contribution in [1.29, 1.82) is 0 Å². The number of hydrogen-bond donors (Lipinski definition) is 1. The van der Waals surface area contributed by atoms with Gasteiger partial charge in [0.05, 0.1) is 11.3 Å². The summed E-state index contributed by atoms with van der Waals surface area (Å²) in [5.41, 5.74) is 1.04. The maximum absolute atomic E-state index is 13.5. The van der Waals surface area contributed by atoms with Crippen molar-refractivity contribution >= 4 is 29.1 Å². The normalized spacial score (nSPS) is 20.8. The van der Waals surface area contributed by atoms with Gasteiger partial charge in [-0.15, -0.1) is 0 Å². The SMILES string of the molecule is CCC(=O)Nc1cc(Cl)ccc1C(=O)N1CCCN(C)C2(CCN(C)CC2)C1. The predicted octanol–water partition coefficient (Wildman–Crippen LogP) is 2.93. The van der Waals surface area contributed by atoms with Crippen molar-refractivity contribution in [2.45, 2.75) is 38.1 Å². The van der Waals surface area contributed by atoms with E-state index in [1.807, 2.05) is 4.90 Å². The number of benzene rings is 1. The van der Waals surface area contributed by atoms with Crippen molar-refractivity contribution in [3.05, 3.63) is 28.8 Å². The Bertz CT molecular complexity index is 731. The topological polar surface area (TPSA) is 55.9 Å². The Morgan fingerprint density at radius 2 is 1.86 bits per heavy atom. The van der Waals surface area contributed by atoms with Crippen LogP contribution in [0.2, 0.25) is 5.02 Å². The molecule has 1 aromatic carbocycles. The van der Waals surface area contributed by atoms with Gasteiger partial charge < -0.3 is 15.1 Å². The van der Waals surface area contributed by atoms with Gasteiger partial charge in [0.15, 0.2) is 0 Å². The Morgan fingerprint density at radius 1 is 1.14 bits per heavy atom. The number of nitrogens with zero attached hydrogens (tertiary/aromatic N) is 3. The van der Waals surface area contributed by atoms with Crippen LogP contribution < -0.4 is 5.32 Å². The molecule has 0 radical (unpaired) electrons. The number of halogens is 1. The first-order valence-electron chi connectivity index (χ1n) is 10.1. The van der Waals surface area contributed by atoms with E-state index in [1.165, 1.54) is 0 Å². The highest BCUT2D eigenvalue weighted by molar-refractivity contribution is 6.31. The Labute approximate surface area is 172 Å². The molecule has 2 fully saturated rings. The lowest BCUT2D eigenvalue weighted by Crippen LogP contribution is -2.58. The van der Waals surface area contributed by atoms with Gasteiger partial charge in [0, 0.05) is 36.6 Å². The van der Waals surface area contributed by atoms with Crippen LogP contribution in [-0.4, -0.2) is 78.9 Å². The molecule has 2 amide bonds. The van der Waals surface area contributed by atoms with Crippen LogP contribution in [0.15, 0.2) is 18.2 Å². The van der Waals surface area contributed by atoms with E-state index in [2.05, 4.69) is 29.2 Å². The van der Waals surface area contributed by atoms with Crippen molar-refractivity contribution in [3.8, 4) is 0 Å². The summed E-state index contributed by atoms with van der Waals surface area (Å²) >= 11 is 6.12. The molecule has 1 aromatic rings. The summed E-state index contributed by atoms with van der Waals surface area (Å²) in [5, 5.41) is 3.34. The lowest BCUT2D eigenvalue weighted by molar-refractivity contribution is -0.115. The van der Waals surface area contributed by atoms with Crippen LogP contribution in [0.4, 0.5) is 5.69 Å². The summed E-state index contributed by atoms with van der Waals surface area (Å²) in [5.74, 6) is -0.157. The minimum absolute atomic E-state index is 0.0257. The predicted molar refractivity (Wildman–Crippen MR) is 113 cm³/mol. The highest BCUT2D eigenvalue weighted by atomic mass is 35.5. The van der Waals surface area contributed by atoms with Gasteiger partial charge in [-0.1, -0.05) is 18.5 Å². The van der Waals surface area contributed by atoms with E-state index in [9.17, 15) is 9.59 Å². The molecule has 0 unspecified atom stereocenters. The molecule has 0 atom stereocenters. The summed E-state index contributed by atoms with van der Waals surface area (Å²) in [6, 6.07) is 5.11. The zero-order chi connectivity index (χ0) is 20.3. The standard InChI is InChI=1S/C21H31ClN4O2/c1-4-19(27)23-18-14-16(22)6-7-17(18)20(28)26-11-5-10-25(3)21(15-26)8-12-24(2)13-9-21/h6-7,14H,4-5,8-13,15H2,1-3H3,(H,23,27). The van der Waals surface area contributed by atoms with Crippen molar-refractivity contribution in [2.75, 3.05) is 52.1 Å². The number of hydrogen-bond acceptors (Lipinski definition) is 4. The molecular formula is C21H31ClN4O2. The van der Waals surface area contributed by atoms with Crippen molar-refractivity contribution in [1.82, 2.24) is 14.7 Å². The van der Waals surface area contributed by atoms with Crippen LogP contribution in [0.25, 0.3) is 0 Å². The molecule has 7 heteroatoms. The highest BCUT2D eigenvalue weighted by Gasteiger charge is 2.41. The number of rotatable bonds is 3. The third-order valence-corrected chi connectivity index (χ3v) is 6.46. The number of likely N-dealkylation sites (tertiary alicyclic amines) is 1. The Morgan fingerprint density at radius 3 is 2.54 bits per heavy atom. The quantitative estimate of drug-likeness (QED) is 0.838. The van der Waals surface area contributed by atoms with E-state index in [-0.39, 0.29) is 17.4 Å². The van der Waals surface area contributed by atoms with Crippen molar-refractivity contribution in [2.24, 2.45) is 0 Å². The fourth-order valence-electron chi connectivity index (χ4n) is 4.25. The number of likely N-dealkylation sites (N-methyl/N-ethyl adjacent to an activating group) is 1. The fraction of sp³-hybridized carbons (Fsp3) is 0.619. The van der Waals surface area contributed by atoms with Crippen LogP contribution in [-0.2, 0) is 4.79 Å². The number of anilines is 1. The Balaban J connectivity index is 1.86. The smallest absolute Gasteiger partial charge is 0.256 e. The molecule has 1 spiro atoms. The zero-order valence-corrected chi connectivity index (χ0v) is 17.9. The van der Waals surface area contributed by atoms with E-state index in [1.54, 1.807) is 25.1 Å². The molecule has 2 saturated heterocycles. The first-order valence-corrected chi connectivity index (χ1v) is 10.5. The van der Waals surface area contributed by atoms with Crippen LogP contribution in [0.5, 0.6) is 0 Å². The highest BCUT2D eigenvalue weighted by Crippen LogP contribution is 2.32. The van der Waals surface area contributed by atoms with E-state index in [0.29, 0.717) is 22.7 Å². The molecule has 1 N–H and O–H groups in total. The molecule has 2 aliphatic heterocycles. The molecule has 0 aliphatic carbocycles. The number of carbonyl (C=O) groups is 2. The summed E-state index contributed by atoms with van der Waals surface area (Å²) in [4.78, 5) is 32.2. The molecule has 154 valence electrons. The molecule has 2 aliphatic rings. The zero-order valence-electron chi connectivity index (χ0n) is 17.1. The summed E-state index contributed by atoms with van der Waals surface area (Å²) < 4.78 is 0. The summed E-state index contributed by atoms with van der Waals surface area (Å²) in [6.45, 7) is 6.32. The van der Waals surface area contributed by atoms with Crippen LogP contribution in [0, 0.1) is 0 Å². The Hall–Kier alpha value is -1.63. The molecule has 6 nitrogen and oxygen atoms in total. The van der Waals surface area contributed by atoms with Crippen molar-refractivity contribution < 1.29 is 9.59 Å². The van der Waals surface area contributed by atoms with Crippen molar-refractivity contribution in [3.63, 3.8) is 0 Å². The van der Waals surface area contributed by atoms with E-state index < -0.39 is 0 Å². The number of amides is 2. The molecule has 0 bridgehead atoms. The Kier molecular flexibility index (Phi) is 6.63. The lowest BCUT2D eigenvalue weighted by Gasteiger charge is -2.47. The number of piperidine rings is 1. The van der Waals surface area contributed by atoms with Crippen LogP contribution in [0.1, 0.15) is 43.0 Å². The average Bonchev–Trinajstić information content (AvgIpc) is 2.83. The average molecular weight is 407 g/mol. The van der Waals surface area contributed by atoms with Gasteiger partial charge in [0.1, 0.15) is 0 Å². The summed E-state index contributed by atoms with van der Waals surface area (Å²) in [7, 11) is 4.34. The molecular weight excluding hydrogens is 376 g/mol. The number of nitrogens with one attached hydrogen (secondary N) is 1. The van der Waals surface area contributed by atoms with Gasteiger partial charge in [-0.3, -0.25) is 14.5 Å². The summed E-state index contributed by atoms with van der Waals surface area (Å²) in [6.07, 6.45) is 3.42. The minimum Gasteiger partial charge on any atom is -0.337 e. The number of carbonyl (C=O) groups excluding carboxylic acids is 2. The molecule has 0 saturated carbocycles. The maximum Gasteiger partial charge on any atom is 0.256 e. The van der Waals surface area contributed by atoms with Gasteiger partial charge in [-0.2, -0.15) is 0 Å². The van der Waals surface area contributed by atoms with Gasteiger partial charge in [-0.05, 0) is 64.6 Å². The van der Waals surface area contributed by atoms with Crippen LogP contribution >= 0.6 is 11.6 Å². The first-order chi connectivity index (χ1) is 13.3. The maximum atomic E-state index is 13.5. The van der Waals surface area contributed by atoms with E-state index in [0.717, 1.165) is 52.0 Å². The second-order valence-electron chi connectivity index (χ2n) is 8.12. The van der Waals surface area contributed by atoms with Crippen LogP contribution in [0.3, 0.4) is 0 Å². The van der Waals surface area contributed by atoms with Gasteiger partial charge in [0.25, 0.3) is 5.91 Å². The fourth-order valence-corrected chi connectivity index (χ4v) is 4.43. The molecule has 28 heavy (non-hydrogen) atoms. The third-order valence-electron chi connectivity index (χ3n) is 6.23. The van der Waals surface area contributed by atoms with E-state index >= 15 is 0 Å². The van der Waals surface area contributed by atoms with Gasteiger partial charge in [-0.25, -0.2) is 0 Å². The van der Waals surface area contributed by atoms with Gasteiger partial charge in [0.2, 0.25) is 5.91 Å². The van der Waals surface area contributed by atoms with E-state index in [4.69, 9.17) is 11.6 Å². The minimum atomic E-state index is -0.126.